The van der Waals surface area contributed by atoms with Crippen molar-refractivity contribution in [3.63, 3.8) is 0 Å². The second kappa shape index (κ2) is 6.11. The molecule has 1 aromatic carbocycles. The summed E-state index contributed by atoms with van der Waals surface area (Å²) < 4.78 is 5.72. The van der Waals surface area contributed by atoms with Crippen LogP contribution in [0.25, 0.3) is 0 Å². The summed E-state index contributed by atoms with van der Waals surface area (Å²) in [7, 11) is 4.01. The summed E-state index contributed by atoms with van der Waals surface area (Å²) in [5.74, 6) is -0.969. The van der Waals surface area contributed by atoms with Gasteiger partial charge >= 0.3 is 5.97 Å². The number of aromatic carboxylic acids is 1. The highest BCUT2D eigenvalue weighted by Gasteiger charge is 2.20. The van der Waals surface area contributed by atoms with Gasteiger partial charge in [0.05, 0.1) is 29.6 Å². The van der Waals surface area contributed by atoms with Crippen LogP contribution in [0.3, 0.4) is 0 Å². The topological polar surface area (TPSA) is 79.0 Å². The van der Waals surface area contributed by atoms with Crippen LogP contribution in [0.2, 0.25) is 0 Å². The molecule has 20 heavy (non-hydrogen) atoms. The number of carbonyl (C=O) groups is 1. The molecule has 0 aliphatic carbocycles. The predicted octanol–water partition coefficient (Wildman–Crippen LogP) is 0.734. The number of rotatable bonds is 4. The number of nitrogens with zero attached hydrogens (tertiary/aromatic N) is 2. The summed E-state index contributed by atoms with van der Waals surface area (Å²) in [5.41, 5.74) is 7.43. The first-order chi connectivity index (χ1) is 9.47. The highest BCUT2D eigenvalue weighted by atomic mass is 16.5. The summed E-state index contributed by atoms with van der Waals surface area (Å²) in [6.07, 6.45) is 0.136. The lowest BCUT2D eigenvalue weighted by molar-refractivity contribution is -0.0142. The average Bonchev–Trinajstić information content (AvgIpc) is 2.38. The lowest BCUT2D eigenvalue weighted by Gasteiger charge is -2.33. The van der Waals surface area contributed by atoms with Gasteiger partial charge in [0, 0.05) is 26.7 Å². The number of carboxylic acid groups (broad SMARTS) is 1. The van der Waals surface area contributed by atoms with Gasteiger partial charge in [0.25, 0.3) is 0 Å². The van der Waals surface area contributed by atoms with Gasteiger partial charge in [-0.3, -0.25) is 0 Å². The molecule has 1 unspecified atom stereocenters. The molecule has 6 heteroatoms. The van der Waals surface area contributed by atoms with E-state index < -0.39 is 5.97 Å². The van der Waals surface area contributed by atoms with E-state index in [-0.39, 0.29) is 11.7 Å². The number of morpholine rings is 1. The molecular formula is C14H21N3O3. The van der Waals surface area contributed by atoms with Crippen molar-refractivity contribution in [2.75, 3.05) is 51.0 Å². The lowest BCUT2D eigenvalue weighted by Crippen LogP contribution is -2.45. The average molecular weight is 279 g/mol. The van der Waals surface area contributed by atoms with Crippen LogP contribution in [0.1, 0.15) is 10.4 Å². The van der Waals surface area contributed by atoms with E-state index in [1.807, 2.05) is 11.9 Å². The Morgan fingerprint density at radius 3 is 2.95 bits per heavy atom. The highest BCUT2D eigenvalue weighted by Crippen LogP contribution is 2.24. The Labute approximate surface area is 118 Å². The Balaban J connectivity index is 2.05. The Morgan fingerprint density at radius 2 is 2.35 bits per heavy atom. The van der Waals surface area contributed by atoms with Crippen LogP contribution in [0.4, 0.5) is 11.4 Å². The summed E-state index contributed by atoms with van der Waals surface area (Å²) >= 11 is 0. The first kappa shape index (κ1) is 14.6. The van der Waals surface area contributed by atoms with Gasteiger partial charge < -0.3 is 25.4 Å². The van der Waals surface area contributed by atoms with Gasteiger partial charge in [0.2, 0.25) is 0 Å². The summed E-state index contributed by atoms with van der Waals surface area (Å²) in [6, 6.07) is 4.80. The zero-order chi connectivity index (χ0) is 14.7. The molecule has 1 atom stereocenters. The fraction of sp³-hybridized carbons (Fsp3) is 0.500. The van der Waals surface area contributed by atoms with Crippen LogP contribution in [-0.4, -0.2) is 62.4 Å². The molecule has 0 amide bonds. The maximum atomic E-state index is 10.9. The van der Waals surface area contributed by atoms with Gasteiger partial charge in [-0.15, -0.1) is 0 Å². The van der Waals surface area contributed by atoms with Gasteiger partial charge in [-0.05, 0) is 25.2 Å². The summed E-state index contributed by atoms with van der Waals surface area (Å²) in [4.78, 5) is 15.1. The van der Waals surface area contributed by atoms with E-state index in [1.54, 1.807) is 12.1 Å². The Morgan fingerprint density at radius 1 is 1.60 bits per heavy atom. The predicted molar refractivity (Wildman–Crippen MR) is 78.3 cm³/mol. The molecule has 1 aliphatic heterocycles. The first-order valence-electron chi connectivity index (χ1n) is 6.61. The normalized spacial score (nSPS) is 19.8. The van der Waals surface area contributed by atoms with Crippen LogP contribution in [0.5, 0.6) is 0 Å². The molecule has 0 aromatic heterocycles. The monoisotopic (exact) mass is 279 g/mol. The van der Waals surface area contributed by atoms with Crippen molar-refractivity contribution < 1.29 is 14.6 Å². The SMILES string of the molecule is CN1CCOC(CN(C)c2ccc(C(=O)O)cc2N)C1. The zero-order valence-corrected chi connectivity index (χ0v) is 11.9. The minimum Gasteiger partial charge on any atom is -0.478 e. The second-order valence-electron chi connectivity index (χ2n) is 5.21. The van der Waals surface area contributed by atoms with Crippen LogP contribution in [0.15, 0.2) is 18.2 Å². The van der Waals surface area contributed by atoms with E-state index in [0.717, 1.165) is 31.9 Å². The number of anilines is 2. The number of ether oxygens (including phenoxy) is 1. The Hall–Kier alpha value is -1.79. The fourth-order valence-corrected chi connectivity index (χ4v) is 2.42. The molecule has 6 nitrogen and oxygen atoms in total. The Bertz CT molecular complexity index is 493. The lowest BCUT2D eigenvalue weighted by atomic mass is 10.1. The highest BCUT2D eigenvalue weighted by molar-refractivity contribution is 5.90. The van der Waals surface area contributed by atoms with Gasteiger partial charge in [0.1, 0.15) is 0 Å². The van der Waals surface area contributed by atoms with E-state index in [1.165, 1.54) is 6.07 Å². The molecular weight excluding hydrogens is 258 g/mol. The van der Waals surface area contributed by atoms with Crippen LogP contribution >= 0.6 is 0 Å². The van der Waals surface area contributed by atoms with Gasteiger partial charge in [-0.25, -0.2) is 4.79 Å². The van der Waals surface area contributed by atoms with Crippen molar-refractivity contribution in [2.45, 2.75) is 6.10 Å². The third kappa shape index (κ3) is 3.40. The quantitative estimate of drug-likeness (QED) is 0.791. The van der Waals surface area contributed by atoms with Crippen molar-refractivity contribution in [1.29, 1.82) is 0 Å². The minimum atomic E-state index is -0.969. The molecule has 1 aromatic rings. The van der Waals surface area contributed by atoms with Crippen molar-refractivity contribution in [3.05, 3.63) is 23.8 Å². The smallest absolute Gasteiger partial charge is 0.335 e. The number of benzene rings is 1. The van der Waals surface area contributed by atoms with Gasteiger partial charge in [-0.1, -0.05) is 0 Å². The molecule has 3 N–H and O–H groups in total. The summed E-state index contributed by atoms with van der Waals surface area (Å²) in [6.45, 7) is 3.30. The van der Waals surface area contributed by atoms with E-state index in [2.05, 4.69) is 11.9 Å². The van der Waals surface area contributed by atoms with Crippen molar-refractivity contribution in [1.82, 2.24) is 4.90 Å². The standard InChI is InChI=1S/C14H21N3O3/c1-16-5-6-20-11(8-16)9-17(2)13-4-3-10(14(18)19)7-12(13)15/h3-4,7,11H,5-6,8-9,15H2,1-2H3,(H,18,19). The maximum Gasteiger partial charge on any atom is 0.335 e. The molecule has 0 saturated carbocycles. The number of hydrogen-bond acceptors (Lipinski definition) is 5. The number of hydrogen-bond donors (Lipinski definition) is 2. The van der Waals surface area contributed by atoms with Crippen molar-refractivity contribution in [3.8, 4) is 0 Å². The van der Waals surface area contributed by atoms with Gasteiger partial charge in [0.15, 0.2) is 0 Å². The zero-order valence-electron chi connectivity index (χ0n) is 11.9. The first-order valence-corrected chi connectivity index (χ1v) is 6.61. The number of carboxylic acids is 1. The third-order valence-corrected chi connectivity index (χ3v) is 3.51. The third-order valence-electron chi connectivity index (χ3n) is 3.51. The van der Waals surface area contributed by atoms with Crippen LogP contribution in [0, 0.1) is 0 Å². The second-order valence-corrected chi connectivity index (χ2v) is 5.21. The van der Waals surface area contributed by atoms with Crippen LogP contribution < -0.4 is 10.6 Å². The number of likely N-dealkylation sites (N-methyl/N-ethyl adjacent to an activating group) is 2. The molecule has 0 spiro atoms. The molecule has 110 valence electrons. The maximum absolute atomic E-state index is 10.9. The van der Waals surface area contributed by atoms with E-state index >= 15 is 0 Å². The molecule has 0 radical (unpaired) electrons. The molecule has 1 fully saturated rings. The van der Waals surface area contributed by atoms with Gasteiger partial charge in [-0.2, -0.15) is 0 Å². The fourth-order valence-electron chi connectivity index (χ4n) is 2.42. The molecule has 1 heterocycles. The molecule has 2 rings (SSSR count). The van der Waals surface area contributed by atoms with E-state index in [4.69, 9.17) is 15.6 Å². The largest absolute Gasteiger partial charge is 0.478 e. The molecule has 1 saturated heterocycles. The van der Waals surface area contributed by atoms with E-state index in [0.29, 0.717) is 5.69 Å². The number of nitrogen functional groups attached to an aromatic ring is 1. The van der Waals surface area contributed by atoms with Crippen molar-refractivity contribution >= 4 is 17.3 Å². The number of nitrogens with two attached hydrogens (primary N) is 1. The summed E-state index contributed by atoms with van der Waals surface area (Å²) in [5, 5.41) is 8.93. The molecule has 0 bridgehead atoms. The van der Waals surface area contributed by atoms with Crippen molar-refractivity contribution in [2.24, 2.45) is 0 Å². The Kier molecular flexibility index (Phi) is 4.46. The minimum absolute atomic E-state index is 0.136. The molecule has 1 aliphatic rings. The van der Waals surface area contributed by atoms with Crippen LogP contribution in [-0.2, 0) is 4.74 Å². The van der Waals surface area contributed by atoms with E-state index in [9.17, 15) is 4.79 Å².